The second-order valence-electron chi connectivity index (χ2n) is 8.88. The van der Waals surface area contributed by atoms with Crippen molar-refractivity contribution in [1.29, 1.82) is 0 Å². The van der Waals surface area contributed by atoms with Gasteiger partial charge in [-0.3, -0.25) is 20.2 Å². The van der Waals surface area contributed by atoms with Gasteiger partial charge in [-0.15, -0.1) is 23.4 Å². The van der Waals surface area contributed by atoms with Crippen molar-refractivity contribution in [3.05, 3.63) is 98.1 Å². The number of anilines is 1. The molecular formula is C26H24ClN3O5S. The van der Waals surface area contributed by atoms with Gasteiger partial charge < -0.3 is 10.1 Å². The number of benzene rings is 3. The number of nitro groups is 2. The monoisotopic (exact) mass is 525 g/mol. The smallest absolute Gasteiger partial charge is 0.296 e. The van der Waals surface area contributed by atoms with E-state index in [0.717, 1.165) is 11.1 Å². The predicted octanol–water partition coefficient (Wildman–Crippen LogP) is 6.94. The summed E-state index contributed by atoms with van der Waals surface area (Å²) < 4.78 is 5.67. The molecular weight excluding hydrogens is 502 g/mol. The lowest BCUT2D eigenvalue weighted by Crippen LogP contribution is -2.31. The van der Waals surface area contributed by atoms with Crippen LogP contribution in [0.5, 0.6) is 5.75 Å². The number of nitro benzene ring substituents is 2. The topological polar surface area (TPSA) is 108 Å². The molecule has 10 heteroatoms. The second kappa shape index (κ2) is 9.99. The minimum Gasteiger partial charge on any atom is -0.494 e. The van der Waals surface area contributed by atoms with Gasteiger partial charge in [-0.25, -0.2) is 0 Å². The number of halogens is 1. The number of rotatable bonds is 7. The molecule has 1 aliphatic heterocycles. The van der Waals surface area contributed by atoms with Gasteiger partial charge in [0.15, 0.2) is 0 Å². The van der Waals surface area contributed by atoms with E-state index in [9.17, 15) is 20.2 Å². The fourth-order valence-corrected chi connectivity index (χ4v) is 7.38. The van der Waals surface area contributed by atoms with Crippen LogP contribution in [-0.2, 0) is 0 Å². The second-order valence-corrected chi connectivity index (χ2v) is 10.7. The van der Waals surface area contributed by atoms with E-state index in [4.69, 9.17) is 16.3 Å². The summed E-state index contributed by atoms with van der Waals surface area (Å²) in [6, 6.07) is 19.6. The molecule has 1 fully saturated rings. The molecule has 0 aromatic heterocycles. The minimum atomic E-state index is -0.400. The first-order valence-corrected chi connectivity index (χ1v) is 13.0. The number of hydrogen-bond donors (Lipinski definition) is 1. The maximum absolute atomic E-state index is 12.1. The van der Waals surface area contributed by atoms with Crippen LogP contribution < -0.4 is 10.1 Å². The number of nitrogens with one attached hydrogen (secondary N) is 1. The zero-order valence-electron chi connectivity index (χ0n) is 19.4. The number of thioether (sulfide) groups is 1. The number of hydrogen-bond acceptors (Lipinski definition) is 7. The first kappa shape index (κ1) is 24.4. The Morgan fingerprint density at radius 2 is 1.72 bits per heavy atom. The van der Waals surface area contributed by atoms with Crippen LogP contribution in [0.1, 0.15) is 36.4 Å². The van der Waals surface area contributed by atoms with Crippen molar-refractivity contribution in [3.8, 4) is 5.75 Å². The standard InChI is InChI=1S/C26H24ClN3O5S/c1-2-35-16-12-17-23-18(14-22(24(23)27)36-21-11-7-6-10-19(21)29(31)32)25(15-8-4-3-5-9-15)28-26(17)20(13-16)30(33)34/h3-13,18,22-25,28H,2,14H2,1H3. The Balaban J connectivity index is 1.60. The van der Waals surface area contributed by atoms with Crippen LogP contribution in [0.15, 0.2) is 71.6 Å². The molecule has 0 amide bonds. The molecule has 5 rings (SSSR count). The first-order valence-electron chi connectivity index (χ1n) is 11.7. The van der Waals surface area contributed by atoms with Crippen LogP contribution in [-0.4, -0.2) is 27.1 Å². The maximum atomic E-state index is 12.1. The van der Waals surface area contributed by atoms with Gasteiger partial charge in [-0.2, -0.15) is 0 Å². The Morgan fingerprint density at radius 3 is 2.42 bits per heavy atom. The summed E-state index contributed by atoms with van der Waals surface area (Å²) in [4.78, 5) is 23.5. The van der Waals surface area contributed by atoms with Gasteiger partial charge in [0.2, 0.25) is 0 Å². The third kappa shape index (κ3) is 4.37. The molecule has 1 heterocycles. The lowest BCUT2D eigenvalue weighted by atomic mass is 9.77. The van der Waals surface area contributed by atoms with Crippen molar-refractivity contribution in [3.63, 3.8) is 0 Å². The molecule has 3 aromatic rings. The van der Waals surface area contributed by atoms with Crippen LogP contribution in [0, 0.1) is 26.1 Å². The molecule has 0 bridgehead atoms. The molecule has 0 saturated heterocycles. The van der Waals surface area contributed by atoms with Gasteiger partial charge in [-0.1, -0.05) is 42.5 Å². The zero-order chi connectivity index (χ0) is 25.4. The molecule has 1 saturated carbocycles. The molecule has 36 heavy (non-hydrogen) atoms. The van der Waals surface area contributed by atoms with Crippen molar-refractivity contribution in [2.75, 3.05) is 11.9 Å². The normalized spacial score (nSPS) is 24.3. The van der Waals surface area contributed by atoms with Crippen molar-refractivity contribution in [2.45, 2.75) is 40.8 Å². The largest absolute Gasteiger partial charge is 0.494 e. The van der Waals surface area contributed by atoms with Gasteiger partial charge >= 0.3 is 0 Å². The molecule has 0 spiro atoms. The zero-order valence-corrected chi connectivity index (χ0v) is 20.9. The quantitative estimate of drug-likeness (QED) is 0.202. The highest BCUT2D eigenvalue weighted by atomic mass is 35.5. The fourth-order valence-electron chi connectivity index (χ4n) is 5.43. The van der Waals surface area contributed by atoms with Gasteiger partial charge in [0.1, 0.15) is 11.4 Å². The van der Waals surface area contributed by atoms with Crippen LogP contribution in [0.4, 0.5) is 17.1 Å². The Labute approximate surface area is 217 Å². The molecule has 5 atom stereocenters. The number of alkyl halides is 1. The van der Waals surface area contributed by atoms with Gasteiger partial charge in [0.25, 0.3) is 11.4 Å². The molecule has 1 N–H and O–H groups in total. The summed E-state index contributed by atoms with van der Waals surface area (Å²) in [6.45, 7) is 2.21. The Hall–Kier alpha value is -3.30. The summed E-state index contributed by atoms with van der Waals surface area (Å²) in [5.74, 6) is 0.256. The number of nitrogens with zero attached hydrogens (tertiary/aromatic N) is 2. The maximum Gasteiger partial charge on any atom is 0.296 e. The summed E-state index contributed by atoms with van der Waals surface area (Å²) >= 11 is 8.56. The van der Waals surface area contributed by atoms with Crippen LogP contribution >= 0.6 is 23.4 Å². The fraction of sp³-hybridized carbons (Fsp3) is 0.308. The lowest BCUT2D eigenvalue weighted by Gasteiger charge is -2.38. The Kier molecular flexibility index (Phi) is 6.77. The van der Waals surface area contributed by atoms with Crippen LogP contribution in [0.25, 0.3) is 0 Å². The minimum absolute atomic E-state index is 0.0270. The Morgan fingerprint density at radius 1 is 1.03 bits per heavy atom. The van der Waals surface area contributed by atoms with Gasteiger partial charge in [0.05, 0.1) is 38.8 Å². The molecule has 3 aromatic carbocycles. The van der Waals surface area contributed by atoms with Gasteiger partial charge in [-0.05, 0) is 42.5 Å². The van der Waals surface area contributed by atoms with E-state index < -0.39 is 10.3 Å². The van der Waals surface area contributed by atoms with E-state index in [-0.39, 0.29) is 39.4 Å². The third-order valence-corrected chi connectivity index (χ3v) is 8.99. The summed E-state index contributed by atoms with van der Waals surface area (Å²) in [6.07, 6.45) is 0.689. The van der Waals surface area contributed by atoms with E-state index in [1.54, 1.807) is 18.2 Å². The summed E-state index contributed by atoms with van der Waals surface area (Å²) in [5.41, 5.74) is 2.24. The van der Waals surface area contributed by atoms with Crippen molar-refractivity contribution >= 4 is 40.4 Å². The highest BCUT2D eigenvalue weighted by Crippen LogP contribution is 2.59. The number of para-hydroxylation sites is 1. The average molecular weight is 526 g/mol. The molecule has 186 valence electrons. The SMILES string of the molecule is CCOc1cc2c(c([N+](=O)[O-])c1)NC(c1ccccc1)C1CC(Sc3ccccc3[N+](=O)[O-])C(Cl)C21. The summed E-state index contributed by atoms with van der Waals surface area (Å²) in [7, 11) is 0. The van der Waals surface area contributed by atoms with Crippen LogP contribution in [0.3, 0.4) is 0 Å². The van der Waals surface area contributed by atoms with Gasteiger partial charge in [0, 0.05) is 17.2 Å². The number of fused-ring (bicyclic) bond motifs is 3. The van der Waals surface area contributed by atoms with E-state index in [1.807, 2.05) is 43.3 Å². The third-order valence-electron chi connectivity index (χ3n) is 6.88. The molecule has 5 unspecified atom stereocenters. The first-order chi connectivity index (χ1) is 17.4. The van der Waals surface area contributed by atoms with Crippen LogP contribution in [0.2, 0.25) is 0 Å². The predicted molar refractivity (Wildman–Crippen MR) is 140 cm³/mol. The van der Waals surface area contributed by atoms with E-state index in [2.05, 4.69) is 5.32 Å². The van der Waals surface area contributed by atoms with E-state index in [1.165, 1.54) is 23.9 Å². The molecule has 0 radical (unpaired) electrons. The van der Waals surface area contributed by atoms with E-state index >= 15 is 0 Å². The molecule has 2 aliphatic rings. The summed E-state index contributed by atoms with van der Waals surface area (Å²) in [5, 5.41) is 26.6. The lowest BCUT2D eigenvalue weighted by molar-refractivity contribution is -0.387. The highest BCUT2D eigenvalue weighted by molar-refractivity contribution is 8.00. The van der Waals surface area contributed by atoms with Crippen molar-refractivity contribution in [1.82, 2.24) is 0 Å². The van der Waals surface area contributed by atoms with Crippen molar-refractivity contribution in [2.24, 2.45) is 5.92 Å². The average Bonchev–Trinajstić information content (AvgIpc) is 3.20. The van der Waals surface area contributed by atoms with Crippen molar-refractivity contribution < 1.29 is 14.6 Å². The van der Waals surface area contributed by atoms with E-state index in [0.29, 0.717) is 29.4 Å². The molecule has 8 nitrogen and oxygen atoms in total. The number of ether oxygens (including phenoxy) is 1. The Bertz CT molecular complexity index is 1310. The molecule has 1 aliphatic carbocycles. The highest BCUT2D eigenvalue weighted by Gasteiger charge is 2.51.